The summed E-state index contributed by atoms with van der Waals surface area (Å²) < 4.78 is 5.17. The molecule has 2 bridgehead atoms. The Balaban J connectivity index is 1.58. The molecule has 20 heavy (non-hydrogen) atoms. The molecule has 0 radical (unpaired) electrons. The number of piperidine rings is 2. The van der Waals surface area contributed by atoms with Gasteiger partial charge in [0.15, 0.2) is 5.82 Å². The highest BCUT2D eigenvalue weighted by molar-refractivity contribution is 5.55. The van der Waals surface area contributed by atoms with Crippen LogP contribution in [0.5, 0.6) is 0 Å². The van der Waals surface area contributed by atoms with E-state index in [0.29, 0.717) is 17.8 Å². The van der Waals surface area contributed by atoms with Crippen molar-refractivity contribution in [3.8, 4) is 11.5 Å². The first-order valence-corrected chi connectivity index (χ1v) is 7.33. The smallest absolute Gasteiger partial charge is 0.259 e. The molecular formula is C15H18N4O. The van der Waals surface area contributed by atoms with Crippen molar-refractivity contribution >= 4 is 5.82 Å². The fraction of sp³-hybridized carbons (Fsp3) is 0.533. The largest absolute Gasteiger partial charge is 0.353 e. The summed E-state index contributed by atoms with van der Waals surface area (Å²) >= 11 is 0. The van der Waals surface area contributed by atoms with Gasteiger partial charge in [0.25, 0.3) is 5.89 Å². The molecule has 2 aliphatic heterocycles. The van der Waals surface area contributed by atoms with Crippen molar-refractivity contribution in [2.75, 3.05) is 11.4 Å². The predicted octanol–water partition coefficient (Wildman–Crippen LogP) is 2.82. The van der Waals surface area contributed by atoms with Crippen LogP contribution >= 0.6 is 0 Å². The van der Waals surface area contributed by atoms with Gasteiger partial charge in [0, 0.05) is 18.8 Å². The average Bonchev–Trinajstić information content (AvgIpc) is 2.95. The van der Waals surface area contributed by atoms with Crippen LogP contribution in [-0.2, 0) is 0 Å². The molecule has 5 rings (SSSR count). The number of hydrogen-bond acceptors (Lipinski definition) is 5. The van der Waals surface area contributed by atoms with E-state index in [4.69, 9.17) is 4.52 Å². The van der Waals surface area contributed by atoms with Crippen LogP contribution in [-0.4, -0.2) is 27.7 Å². The van der Waals surface area contributed by atoms with Crippen molar-refractivity contribution in [3.63, 3.8) is 0 Å². The normalized spacial score (nSPS) is 25.1. The fourth-order valence-corrected chi connectivity index (χ4v) is 3.44. The quantitative estimate of drug-likeness (QED) is 0.840. The molecule has 0 atom stereocenters. The Morgan fingerprint density at radius 3 is 2.60 bits per heavy atom. The van der Waals surface area contributed by atoms with Crippen LogP contribution in [0.4, 0.5) is 5.82 Å². The van der Waals surface area contributed by atoms with Gasteiger partial charge >= 0.3 is 0 Å². The Hall–Kier alpha value is -1.91. The molecule has 5 nitrogen and oxygen atoms in total. The third-order valence-corrected chi connectivity index (χ3v) is 4.53. The third kappa shape index (κ3) is 1.97. The van der Waals surface area contributed by atoms with Gasteiger partial charge < -0.3 is 9.42 Å². The van der Waals surface area contributed by atoms with Gasteiger partial charge in [-0.05, 0) is 50.7 Å². The van der Waals surface area contributed by atoms with E-state index in [-0.39, 0.29) is 0 Å². The number of fused-ring (bicyclic) bond motifs is 3. The highest BCUT2D eigenvalue weighted by atomic mass is 16.5. The molecule has 1 aliphatic carbocycles. The Morgan fingerprint density at radius 1 is 1.20 bits per heavy atom. The summed E-state index contributed by atoms with van der Waals surface area (Å²) in [7, 11) is 0. The summed E-state index contributed by atoms with van der Waals surface area (Å²) in [6.45, 7) is 2.98. The van der Waals surface area contributed by atoms with Crippen LogP contribution in [0, 0.1) is 12.8 Å². The zero-order valence-corrected chi connectivity index (χ0v) is 11.6. The van der Waals surface area contributed by atoms with Gasteiger partial charge in [0.2, 0.25) is 0 Å². The zero-order chi connectivity index (χ0) is 13.5. The lowest BCUT2D eigenvalue weighted by molar-refractivity contribution is 0.251. The summed E-state index contributed by atoms with van der Waals surface area (Å²) in [5.74, 6) is 3.14. The maximum atomic E-state index is 5.17. The molecule has 0 aromatic carbocycles. The monoisotopic (exact) mass is 270 g/mol. The zero-order valence-electron chi connectivity index (χ0n) is 11.6. The molecule has 4 heterocycles. The second-order valence-electron chi connectivity index (χ2n) is 5.88. The number of aryl methyl sites for hydroxylation is 1. The Labute approximate surface area is 118 Å². The van der Waals surface area contributed by atoms with Crippen LogP contribution < -0.4 is 4.90 Å². The van der Waals surface area contributed by atoms with E-state index in [1.807, 2.05) is 19.2 Å². The number of nitrogens with zero attached hydrogens (tertiary/aromatic N) is 4. The molecule has 3 fully saturated rings. The van der Waals surface area contributed by atoms with E-state index >= 15 is 0 Å². The SMILES string of the molecule is Cc1noc(-c2ccc(N3CC4CCC3CC4)nc2)n1. The maximum Gasteiger partial charge on any atom is 0.259 e. The maximum absolute atomic E-state index is 5.17. The summed E-state index contributed by atoms with van der Waals surface area (Å²) in [5.41, 5.74) is 0.886. The van der Waals surface area contributed by atoms with Gasteiger partial charge in [0.05, 0.1) is 5.56 Å². The minimum absolute atomic E-state index is 0.543. The van der Waals surface area contributed by atoms with Gasteiger partial charge in [-0.3, -0.25) is 0 Å². The molecule has 2 aromatic rings. The van der Waals surface area contributed by atoms with E-state index in [1.54, 1.807) is 0 Å². The van der Waals surface area contributed by atoms with Crippen LogP contribution in [0.25, 0.3) is 11.5 Å². The van der Waals surface area contributed by atoms with E-state index in [1.165, 1.54) is 25.7 Å². The molecule has 2 aromatic heterocycles. The van der Waals surface area contributed by atoms with Crippen molar-refractivity contribution in [1.82, 2.24) is 15.1 Å². The number of pyridine rings is 1. The third-order valence-electron chi connectivity index (χ3n) is 4.53. The molecule has 3 aliphatic rings. The molecule has 0 unspecified atom stereocenters. The van der Waals surface area contributed by atoms with Crippen molar-refractivity contribution in [2.24, 2.45) is 5.92 Å². The van der Waals surface area contributed by atoms with Crippen LogP contribution in [0.3, 0.4) is 0 Å². The van der Waals surface area contributed by atoms with Crippen molar-refractivity contribution in [1.29, 1.82) is 0 Å². The summed E-state index contributed by atoms with van der Waals surface area (Å²) in [6, 6.07) is 4.79. The second-order valence-corrected chi connectivity index (χ2v) is 5.88. The summed E-state index contributed by atoms with van der Waals surface area (Å²) in [6.07, 6.45) is 7.25. The van der Waals surface area contributed by atoms with E-state index in [0.717, 1.165) is 23.8 Å². The van der Waals surface area contributed by atoms with Crippen molar-refractivity contribution in [3.05, 3.63) is 24.2 Å². The van der Waals surface area contributed by atoms with Gasteiger partial charge in [-0.25, -0.2) is 4.98 Å². The molecule has 5 heteroatoms. The molecular weight excluding hydrogens is 252 g/mol. The van der Waals surface area contributed by atoms with Crippen LogP contribution in [0.2, 0.25) is 0 Å². The first kappa shape index (κ1) is 11.9. The topological polar surface area (TPSA) is 55.1 Å². The first-order valence-electron chi connectivity index (χ1n) is 7.33. The molecule has 0 amide bonds. The number of rotatable bonds is 2. The lowest BCUT2D eigenvalue weighted by atomic mass is 9.80. The first-order chi connectivity index (χ1) is 9.79. The number of anilines is 1. The van der Waals surface area contributed by atoms with Gasteiger partial charge in [-0.15, -0.1) is 0 Å². The predicted molar refractivity (Wildman–Crippen MR) is 75.4 cm³/mol. The van der Waals surface area contributed by atoms with Crippen LogP contribution in [0.15, 0.2) is 22.9 Å². The van der Waals surface area contributed by atoms with Crippen LogP contribution in [0.1, 0.15) is 31.5 Å². The van der Waals surface area contributed by atoms with Gasteiger partial charge in [-0.2, -0.15) is 4.98 Å². The number of aromatic nitrogens is 3. The lowest BCUT2D eigenvalue weighted by Crippen LogP contribution is -2.48. The van der Waals surface area contributed by atoms with Crippen molar-refractivity contribution in [2.45, 2.75) is 38.6 Å². The minimum Gasteiger partial charge on any atom is -0.353 e. The molecule has 0 N–H and O–H groups in total. The van der Waals surface area contributed by atoms with Gasteiger partial charge in [-0.1, -0.05) is 5.16 Å². The summed E-state index contributed by atoms with van der Waals surface area (Å²) in [5, 5.41) is 3.81. The Bertz CT molecular complexity index is 599. The lowest BCUT2D eigenvalue weighted by Gasteiger charge is -2.46. The van der Waals surface area contributed by atoms with Crippen molar-refractivity contribution < 1.29 is 4.52 Å². The van der Waals surface area contributed by atoms with E-state index in [2.05, 4.69) is 26.1 Å². The fourth-order valence-electron chi connectivity index (χ4n) is 3.44. The summed E-state index contributed by atoms with van der Waals surface area (Å²) in [4.78, 5) is 11.3. The minimum atomic E-state index is 0.543. The second kappa shape index (κ2) is 4.58. The molecule has 0 spiro atoms. The standard InChI is InChI=1S/C15H18N4O/c1-10-17-15(20-18-10)12-4-7-14(16-8-12)19-9-11-2-5-13(19)6-3-11/h4,7-8,11,13H,2-3,5-6,9H2,1H3. The highest BCUT2D eigenvalue weighted by Crippen LogP contribution is 2.37. The Morgan fingerprint density at radius 2 is 2.05 bits per heavy atom. The Kier molecular flexibility index (Phi) is 2.72. The average molecular weight is 270 g/mol. The molecule has 1 saturated carbocycles. The van der Waals surface area contributed by atoms with E-state index < -0.39 is 0 Å². The highest BCUT2D eigenvalue weighted by Gasteiger charge is 2.34. The number of hydrogen-bond donors (Lipinski definition) is 0. The van der Waals surface area contributed by atoms with E-state index in [9.17, 15) is 0 Å². The molecule has 104 valence electrons. The molecule has 2 saturated heterocycles. The van der Waals surface area contributed by atoms with Gasteiger partial charge in [0.1, 0.15) is 5.82 Å².